The maximum absolute atomic E-state index is 5.80. The summed E-state index contributed by atoms with van der Waals surface area (Å²) in [6.07, 6.45) is 2.64. The van der Waals surface area contributed by atoms with E-state index in [1.54, 1.807) is 6.20 Å². The topological polar surface area (TPSA) is 71.7 Å². The van der Waals surface area contributed by atoms with Crippen LogP contribution in [0.15, 0.2) is 39.9 Å². The lowest BCUT2D eigenvalue weighted by Gasteiger charge is -2.13. The lowest BCUT2D eigenvalue weighted by atomic mass is 9.94. The molecule has 0 bridgehead atoms. The molecule has 1 aromatic heterocycles. The monoisotopic (exact) mass is 372 g/mol. The lowest BCUT2D eigenvalue weighted by Crippen LogP contribution is -2.38. The minimum Gasteiger partial charge on any atom is -0.494 e. The zero-order valence-electron chi connectivity index (χ0n) is 17.1. The van der Waals surface area contributed by atoms with E-state index in [0.717, 1.165) is 37.0 Å². The van der Waals surface area contributed by atoms with Crippen LogP contribution in [0, 0.1) is 0 Å². The fraction of sp³-hybridized carbons (Fsp3) is 0.524. The predicted octanol–water partition coefficient (Wildman–Crippen LogP) is 3.67. The number of aromatic nitrogens is 1. The van der Waals surface area contributed by atoms with Crippen LogP contribution in [0.3, 0.4) is 0 Å². The molecule has 0 spiro atoms. The molecule has 0 unspecified atom stereocenters. The first-order chi connectivity index (χ1) is 12.9. The molecule has 1 heterocycles. The highest BCUT2D eigenvalue weighted by Crippen LogP contribution is 2.22. The number of rotatable bonds is 8. The average molecular weight is 373 g/mol. The van der Waals surface area contributed by atoms with Gasteiger partial charge >= 0.3 is 0 Å². The highest BCUT2D eigenvalue weighted by Gasteiger charge is 2.19. The molecule has 0 radical (unpaired) electrons. The van der Waals surface area contributed by atoms with E-state index < -0.39 is 0 Å². The molecule has 0 saturated carbocycles. The summed E-state index contributed by atoms with van der Waals surface area (Å²) in [5, 5.41) is 6.61. The zero-order valence-corrected chi connectivity index (χ0v) is 17.1. The molecule has 27 heavy (non-hydrogen) atoms. The minimum atomic E-state index is -0.0499. The second-order valence-corrected chi connectivity index (χ2v) is 7.28. The Morgan fingerprint density at radius 2 is 1.96 bits per heavy atom. The van der Waals surface area contributed by atoms with Crippen molar-refractivity contribution in [3.63, 3.8) is 0 Å². The Morgan fingerprint density at radius 3 is 2.63 bits per heavy atom. The van der Waals surface area contributed by atoms with Crippen molar-refractivity contribution < 1.29 is 9.15 Å². The van der Waals surface area contributed by atoms with Crippen LogP contribution in [0.25, 0.3) is 0 Å². The number of nitrogens with one attached hydrogen (secondary N) is 2. The Morgan fingerprint density at radius 1 is 1.19 bits per heavy atom. The maximum Gasteiger partial charge on any atom is 0.216 e. The molecule has 1 aromatic carbocycles. The average Bonchev–Trinajstić information content (AvgIpc) is 3.11. The summed E-state index contributed by atoms with van der Waals surface area (Å²) >= 11 is 0. The molecule has 0 fully saturated rings. The number of para-hydroxylation sites is 1. The smallest absolute Gasteiger partial charge is 0.216 e. The molecule has 148 valence electrons. The Bertz CT molecular complexity index is 732. The number of oxazole rings is 1. The molecule has 6 heteroatoms. The summed E-state index contributed by atoms with van der Waals surface area (Å²) < 4.78 is 11.5. The van der Waals surface area contributed by atoms with Gasteiger partial charge in [0.2, 0.25) is 5.89 Å². The molecule has 0 aliphatic carbocycles. The molecule has 0 aliphatic rings. The first kappa shape index (κ1) is 20.8. The van der Waals surface area contributed by atoms with E-state index >= 15 is 0 Å². The second kappa shape index (κ2) is 10.00. The highest BCUT2D eigenvalue weighted by molar-refractivity contribution is 5.79. The van der Waals surface area contributed by atoms with Gasteiger partial charge in [-0.15, -0.1) is 0 Å². The lowest BCUT2D eigenvalue weighted by molar-refractivity contribution is 0.336. The molecule has 0 aliphatic heterocycles. The summed E-state index contributed by atoms with van der Waals surface area (Å²) in [5.74, 6) is 3.19. The minimum absolute atomic E-state index is 0.0499. The van der Waals surface area contributed by atoms with Crippen molar-refractivity contribution in [2.75, 3.05) is 19.7 Å². The van der Waals surface area contributed by atoms with Gasteiger partial charge in [0.15, 0.2) is 5.96 Å². The van der Waals surface area contributed by atoms with Gasteiger partial charge in [-0.3, -0.25) is 0 Å². The normalized spacial score (nSPS) is 12.1. The summed E-state index contributed by atoms with van der Waals surface area (Å²) in [6.45, 7) is 13.0. The molecule has 6 nitrogen and oxygen atoms in total. The number of benzene rings is 1. The van der Waals surface area contributed by atoms with E-state index in [2.05, 4.69) is 47.4 Å². The van der Waals surface area contributed by atoms with Crippen LogP contribution in [-0.4, -0.2) is 30.6 Å². The summed E-state index contributed by atoms with van der Waals surface area (Å²) in [6, 6.07) is 8.13. The first-order valence-electron chi connectivity index (χ1n) is 9.62. The van der Waals surface area contributed by atoms with Gasteiger partial charge in [-0.2, -0.15) is 0 Å². The Hall–Kier alpha value is -2.50. The van der Waals surface area contributed by atoms with Gasteiger partial charge in [-0.25, -0.2) is 9.98 Å². The van der Waals surface area contributed by atoms with E-state index in [0.29, 0.717) is 19.0 Å². The molecule has 2 rings (SSSR count). The highest BCUT2D eigenvalue weighted by atomic mass is 16.5. The number of hydrogen-bond donors (Lipinski definition) is 2. The van der Waals surface area contributed by atoms with Crippen molar-refractivity contribution in [3.8, 4) is 5.75 Å². The Labute approximate surface area is 162 Å². The van der Waals surface area contributed by atoms with Crippen LogP contribution in [0.2, 0.25) is 0 Å². The summed E-state index contributed by atoms with van der Waals surface area (Å²) in [7, 11) is 0. The van der Waals surface area contributed by atoms with Crippen LogP contribution < -0.4 is 15.4 Å². The standard InChI is InChI=1S/C21H32N4O2/c1-6-22-20(25-15-19-24-14-18(27-19)21(3,4)5)23-13-12-16-10-8-9-11-17(16)26-7-2/h8-11,14H,6-7,12-13,15H2,1-5H3,(H2,22,23,25). The molecule has 2 aromatic rings. The molecule has 0 atom stereocenters. The van der Waals surface area contributed by atoms with Gasteiger partial charge < -0.3 is 19.8 Å². The predicted molar refractivity (Wildman–Crippen MR) is 109 cm³/mol. The maximum atomic E-state index is 5.80. The first-order valence-corrected chi connectivity index (χ1v) is 9.62. The fourth-order valence-corrected chi connectivity index (χ4v) is 2.54. The number of hydrogen-bond acceptors (Lipinski definition) is 4. The van der Waals surface area contributed by atoms with Crippen molar-refractivity contribution in [2.24, 2.45) is 4.99 Å². The van der Waals surface area contributed by atoms with Gasteiger partial charge in [-0.05, 0) is 31.9 Å². The zero-order chi connectivity index (χ0) is 19.7. The second-order valence-electron chi connectivity index (χ2n) is 7.28. The Balaban J connectivity index is 1.93. The van der Waals surface area contributed by atoms with Gasteiger partial charge in [0.05, 0.1) is 12.8 Å². The van der Waals surface area contributed by atoms with E-state index in [9.17, 15) is 0 Å². The number of nitrogens with zero attached hydrogens (tertiary/aromatic N) is 2. The van der Waals surface area contributed by atoms with E-state index in [4.69, 9.17) is 9.15 Å². The quantitative estimate of drug-likeness (QED) is 0.546. The third-order valence-corrected chi connectivity index (χ3v) is 3.97. The van der Waals surface area contributed by atoms with Gasteiger partial charge in [0.1, 0.15) is 18.1 Å². The van der Waals surface area contributed by atoms with Crippen LogP contribution in [0.5, 0.6) is 5.75 Å². The largest absolute Gasteiger partial charge is 0.494 e. The van der Waals surface area contributed by atoms with Crippen LogP contribution in [0.4, 0.5) is 0 Å². The SMILES string of the molecule is CCNC(=NCc1ncc(C(C)(C)C)o1)NCCc1ccccc1OCC. The van der Waals surface area contributed by atoms with Crippen molar-refractivity contribution in [1.29, 1.82) is 0 Å². The summed E-state index contributed by atoms with van der Waals surface area (Å²) in [4.78, 5) is 8.90. The van der Waals surface area contributed by atoms with Crippen molar-refractivity contribution >= 4 is 5.96 Å². The van der Waals surface area contributed by atoms with Gasteiger partial charge in [-0.1, -0.05) is 39.0 Å². The third-order valence-electron chi connectivity index (χ3n) is 3.97. The van der Waals surface area contributed by atoms with E-state index in [1.807, 2.05) is 32.0 Å². The number of ether oxygens (including phenoxy) is 1. The van der Waals surface area contributed by atoms with Crippen molar-refractivity contribution in [3.05, 3.63) is 47.7 Å². The number of guanidine groups is 1. The molecular formula is C21H32N4O2. The van der Waals surface area contributed by atoms with E-state index in [1.165, 1.54) is 5.56 Å². The van der Waals surface area contributed by atoms with E-state index in [-0.39, 0.29) is 5.41 Å². The third kappa shape index (κ3) is 6.62. The van der Waals surface area contributed by atoms with Crippen molar-refractivity contribution in [1.82, 2.24) is 15.6 Å². The molecule has 0 amide bonds. The fourth-order valence-electron chi connectivity index (χ4n) is 2.54. The van der Waals surface area contributed by atoms with Gasteiger partial charge in [0.25, 0.3) is 0 Å². The van der Waals surface area contributed by atoms with Crippen molar-refractivity contribution in [2.45, 2.75) is 53.0 Å². The van der Waals surface area contributed by atoms with Crippen LogP contribution in [-0.2, 0) is 18.4 Å². The molecule has 0 saturated heterocycles. The molecular weight excluding hydrogens is 340 g/mol. The van der Waals surface area contributed by atoms with Crippen LogP contribution in [0.1, 0.15) is 51.8 Å². The number of aliphatic imine (C=N–C) groups is 1. The molecule has 2 N–H and O–H groups in total. The van der Waals surface area contributed by atoms with Crippen LogP contribution >= 0.6 is 0 Å². The summed E-state index contributed by atoms with van der Waals surface area (Å²) in [5.41, 5.74) is 1.14. The van der Waals surface area contributed by atoms with Gasteiger partial charge in [0, 0.05) is 18.5 Å². The Kier molecular flexibility index (Phi) is 7.70.